The van der Waals surface area contributed by atoms with Gasteiger partial charge in [0, 0.05) is 16.2 Å². The third-order valence-electron chi connectivity index (χ3n) is 3.27. The Hall–Kier alpha value is -1.67. The number of halogens is 3. The van der Waals surface area contributed by atoms with Crippen molar-refractivity contribution in [1.82, 2.24) is 8.96 Å². The summed E-state index contributed by atoms with van der Waals surface area (Å²) in [5, 5.41) is 0. The van der Waals surface area contributed by atoms with Crippen LogP contribution in [0.2, 0.25) is 0 Å². The lowest BCUT2D eigenvalue weighted by molar-refractivity contribution is -0.145. The second-order valence-electron chi connectivity index (χ2n) is 4.83. The average molecular weight is 417 g/mol. The van der Waals surface area contributed by atoms with E-state index in [2.05, 4.69) is 27.5 Å². The van der Waals surface area contributed by atoms with Gasteiger partial charge in [-0.15, -0.1) is 10.5 Å². The monoisotopic (exact) mass is 416 g/mol. The summed E-state index contributed by atoms with van der Waals surface area (Å²) in [5.74, 6) is -1.45. The Labute approximate surface area is 151 Å². The molecule has 0 N–H and O–H groups in total. The van der Waals surface area contributed by atoms with Gasteiger partial charge in [-0.2, -0.15) is 0 Å². The number of hydrogen-bond acceptors (Lipinski definition) is 4. The molecule has 2 aromatic rings. The van der Waals surface area contributed by atoms with Gasteiger partial charge in [0.05, 0.1) is 12.3 Å². The number of esters is 1. The van der Waals surface area contributed by atoms with Crippen molar-refractivity contribution in [2.45, 2.75) is 19.3 Å². The molecule has 1 heterocycles. The molecule has 1 aromatic heterocycles. The van der Waals surface area contributed by atoms with Gasteiger partial charge in [0.15, 0.2) is 12.3 Å². The molecule has 0 aliphatic carbocycles. The highest BCUT2D eigenvalue weighted by Gasteiger charge is 2.27. The summed E-state index contributed by atoms with van der Waals surface area (Å²) in [5.41, 5.74) is 1.01. The first-order chi connectivity index (χ1) is 11.5. The maximum Gasteiger partial charge on any atom is 0.316 e. The molecule has 0 aliphatic rings. The fourth-order valence-electron chi connectivity index (χ4n) is 2.21. The van der Waals surface area contributed by atoms with E-state index in [0.29, 0.717) is 15.7 Å². The Kier molecular flexibility index (Phi) is 6.56. The fraction of sp³-hybridized carbons (Fsp3) is 0.250. The second-order valence-corrected chi connectivity index (χ2v) is 6.22. The van der Waals surface area contributed by atoms with Gasteiger partial charge in [0.25, 0.3) is 0 Å². The quantitative estimate of drug-likeness (QED) is 0.467. The molecule has 0 spiro atoms. The molecule has 0 amide bonds. The summed E-state index contributed by atoms with van der Waals surface area (Å²) in [6.45, 7) is 5.53. The van der Waals surface area contributed by atoms with Crippen LogP contribution in [0.1, 0.15) is 25.1 Å². The van der Waals surface area contributed by atoms with Crippen molar-refractivity contribution in [3.63, 3.8) is 0 Å². The molecule has 8 heteroatoms. The Bertz CT molecular complexity index is 752. The molecule has 24 heavy (non-hydrogen) atoms. The molecule has 0 saturated heterocycles. The van der Waals surface area contributed by atoms with Crippen molar-refractivity contribution in [2.75, 3.05) is 6.61 Å². The van der Waals surface area contributed by atoms with E-state index >= 15 is 0 Å². The molecular formula is C16H15BrF2N2O2S. The molecule has 1 atom stereocenters. The lowest BCUT2D eigenvalue weighted by Crippen LogP contribution is -2.18. The first-order valence-corrected chi connectivity index (χ1v) is 8.59. The van der Waals surface area contributed by atoms with E-state index in [-0.39, 0.29) is 31.2 Å². The molecule has 0 bridgehead atoms. The number of imidazole rings is 1. The van der Waals surface area contributed by atoms with Crippen LogP contribution in [0, 0.1) is 5.82 Å². The van der Waals surface area contributed by atoms with Crippen LogP contribution in [-0.2, 0) is 9.53 Å². The second kappa shape index (κ2) is 8.43. The van der Waals surface area contributed by atoms with Crippen LogP contribution in [0.3, 0.4) is 0 Å². The number of rotatable bonds is 7. The summed E-state index contributed by atoms with van der Waals surface area (Å²) < 4.78 is 33.2. The third kappa shape index (κ3) is 4.05. The van der Waals surface area contributed by atoms with Crippen LogP contribution in [0.4, 0.5) is 8.28 Å². The molecule has 0 fully saturated rings. The van der Waals surface area contributed by atoms with Crippen LogP contribution in [0.15, 0.2) is 41.5 Å². The average Bonchev–Trinajstić information content (AvgIpc) is 2.96. The summed E-state index contributed by atoms with van der Waals surface area (Å²) >= 11 is 3.20. The van der Waals surface area contributed by atoms with Gasteiger partial charge >= 0.3 is 5.97 Å². The van der Waals surface area contributed by atoms with Crippen molar-refractivity contribution in [2.24, 2.45) is 0 Å². The highest BCUT2D eigenvalue weighted by molar-refractivity contribution is 9.10. The van der Waals surface area contributed by atoms with Crippen LogP contribution < -0.4 is 0 Å². The van der Waals surface area contributed by atoms with Crippen LogP contribution in [0.5, 0.6) is 0 Å². The van der Waals surface area contributed by atoms with Gasteiger partial charge in [-0.3, -0.25) is 4.79 Å². The minimum Gasteiger partial charge on any atom is -0.465 e. The van der Waals surface area contributed by atoms with E-state index in [0.717, 1.165) is 3.97 Å². The zero-order valence-corrected chi connectivity index (χ0v) is 15.2. The van der Waals surface area contributed by atoms with E-state index in [9.17, 15) is 13.1 Å². The zero-order chi connectivity index (χ0) is 17.7. The van der Waals surface area contributed by atoms with E-state index < -0.39 is 17.7 Å². The van der Waals surface area contributed by atoms with Crippen molar-refractivity contribution < 1.29 is 17.8 Å². The maximum absolute atomic E-state index is 13.3. The number of aromatic nitrogens is 2. The summed E-state index contributed by atoms with van der Waals surface area (Å²) in [6.07, 6.45) is 3.27. The minimum absolute atomic E-state index is 0.0677. The van der Waals surface area contributed by atoms with Crippen LogP contribution in [0.25, 0.3) is 11.3 Å². The Balaban J connectivity index is 2.48. The molecular weight excluding hydrogens is 402 g/mol. The molecule has 128 valence electrons. The Morgan fingerprint density at radius 1 is 1.58 bits per heavy atom. The molecule has 0 saturated carbocycles. The van der Waals surface area contributed by atoms with Crippen molar-refractivity contribution in [3.8, 4) is 11.3 Å². The number of nitrogens with zero attached hydrogens (tertiary/aromatic N) is 2. The van der Waals surface area contributed by atoms with E-state index in [1.807, 2.05) is 0 Å². The lowest BCUT2D eigenvalue weighted by Gasteiger charge is -2.13. The lowest BCUT2D eigenvalue weighted by atomic mass is 10.1. The maximum atomic E-state index is 13.3. The van der Waals surface area contributed by atoms with Crippen molar-refractivity contribution in [3.05, 3.63) is 53.2 Å². The summed E-state index contributed by atoms with van der Waals surface area (Å²) in [6, 6.07) is 4.11. The number of ether oxygens (including phenoxy) is 1. The topological polar surface area (TPSA) is 44.1 Å². The van der Waals surface area contributed by atoms with Gasteiger partial charge in [0.1, 0.15) is 17.6 Å². The Morgan fingerprint density at radius 3 is 2.92 bits per heavy atom. The van der Waals surface area contributed by atoms with E-state index in [4.69, 9.17) is 4.74 Å². The zero-order valence-electron chi connectivity index (χ0n) is 12.8. The molecule has 1 unspecified atom stereocenters. The minimum atomic E-state index is -0.765. The predicted octanol–water partition coefficient (Wildman–Crippen LogP) is 5.06. The number of allylic oxidation sites excluding steroid dienone is 1. The molecule has 4 nitrogen and oxygen atoms in total. The Morgan fingerprint density at radius 2 is 2.33 bits per heavy atom. The molecule has 2 rings (SSSR count). The van der Waals surface area contributed by atoms with Gasteiger partial charge < -0.3 is 4.74 Å². The molecule has 1 aromatic carbocycles. The highest BCUT2D eigenvalue weighted by atomic mass is 79.9. The molecule has 0 radical (unpaired) electrons. The smallest absolute Gasteiger partial charge is 0.316 e. The predicted molar refractivity (Wildman–Crippen MR) is 93.6 cm³/mol. The van der Waals surface area contributed by atoms with Gasteiger partial charge in [0.2, 0.25) is 0 Å². The largest absolute Gasteiger partial charge is 0.465 e. The summed E-state index contributed by atoms with van der Waals surface area (Å²) in [4.78, 5) is 16.5. The first kappa shape index (κ1) is 18.7. The summed E-state index contributed by atoms with van der Waals surface area (Å²) in [7, 11) is 0. The van der Waals surface area contributed by atoms with Crippen LogP contribution >= 0.6 is 28.3 Å². The van der Waals surface area contributed by atoms with E-state index in [1.165, 1.54) is 24.4 Å². The van der Waals surface area contributed by atoms with Crippen molar-refractivity contribution >= 4 is 34.2 Å². The fourth-order valence-corrected chi connectivity index (χ4v) is 3.14. The number of benzene rings is 1. The normalized spacial score (nSPS) is 12.0. The number of carbonyl (C=O) groups is 1. The van der Waals surface area contributed by atoms with Crippen LogP contribution in [-0.4, -0.2) is 21.5 Å². The van der Waals surface area contributed by atoms with Gasteiger partial charge in [-0.05, 0) is 47.5 Å². The standard InChI is InChI=1S/C16H15BrF2N2O2S/c1-3-5-12(16(22)23-4-2)15-20-14(9-21(15)24-19)11-7-6-10(18)8-13(11)17/h3,6-9,12H,1,4-5H2,2H3. The van der Waals surface area contributed by atoms with Gasteiger partial charge in [-0.25, -0.2) is 13.3 Å². The van der Waals surface area contributed by atoms with Gasteiger partial charge in [-0.1, -0.05) is 6.08 Å². The molecule has 0 aliphatic heterocycles. The highest BCUT2D eigenvalue weighted by Crippen LogP contribution is 2.33. The first-order valence-electron chi connectivity index (χ1n) is 7.13. The number of hydrogen-bond donors (Lipinski definition) is 0. The van der Waals surface area contributed by atoms with E-state index in [1.54, 1.807) is 13.0 Å². The van der Waals surface area contributed by atoms with Crippen molar-refractivity contribution in [1.29, 1.82) is 0 Å². The third-order valence-corrected chi connectivity index (χ3v) is 4.36. The number of carbonyl (C=O) groups excluding carboxylic acids is 1. The SMILES string of the molecule is C=CCC(C(=O)OCC)c1nc(-c2ccc(F)cc2Br)cn1SF.